The van der Waals surface area contributed by atoms with Crippen LogP contribution in [0.5, 0.6) is 0 Å². The SMILES string of the molecule is CCNC(=NCc1ccc(CN2CCOCC2)cc1)NC1CCCC(S(=O)CC)C1.I. The van der Waals surface area contributed by atoms with Gasteiger partial charge in [0.1, 0.15) is 0 Å². The third-order valence-electron chi connectivity index (χ3n) is 5.92. The molecule has 1 aliphatic carbocycles. The molecule has 176 valence electrons. The number of ether oxygens (including phenoxy) is 1. The number of nitrogens with zero attached hydrogens (tertiary/aromatic N) is 2. The molecule has 1 saturated heterocycles. The molecule has 0 bridgehead atoms. The Balaban J connectivity index is 0.00000341. The van der Waals surface area contributed by atoms with Crippen LogP contribution in [0.2, 0.25) is 0 Å². The van der Waals surface area contributed by atoms with Crippen molar-refractivity contribution in [3.05, 3.63) is 35.4 Å². The topological polar surface area (TPSA) is 66.0 Å². The highest BCUT2D eigenvalue weighted by Crippen LogP contribution is 2.23. The minimum Gasteiger partial charge on any atom is -0.379 e. The van der Waals surface area contributed by atoms with Crippen molar-refractivity contribution in [2.24, 2.45) is 4.99 Å². The fraction of sp³-hybridized carbons (Fsp3) is 0.696. The summed E-state index contributed by atoms with van der Waals surface area (Å²) in [6.07, 6.45) is 4.32. The predicted molar refractivity (Wildman–Crippen MR) is 141 cm³/mol. The Morgan fingerprint density at radius 3 is 2.55 bits per heavy atom. The highest BCUT2D eigenvalue weighted by Gasteiger charge is 2.26. The van der Waals surface area contributed by atoms with Gasteiger partial charge < -0.3 is 15.4 Å². The smallest absolute Gasteiger partial charge is 0.191 e. The van der Waals surface area contributed by atoms with Gasteiger partial charge in [0.05, 0.1) is 19.8 Å². The molecule has 1 saturated carbocycles. The first kappa shape index (κ1) is 26.5. The number of nitrogens with one attached hydrogen (secondary N) is 2. The zero-order chi connectivity index (χ0) is 21.2. The summed E-state index contributed by atoms with van der Waals surface area (Å²) in [4.78, 5) is 7.24. The lowest BCUT2D eigenvalue weighted by Gasteiger charge is -2.30. The molecule has 1 aromatic rings. The Bertz CT molecular complexity index is 695. The van der Waals surface area contributed by atoms with Crippen LogP contribution in [0.25, 0.3) is 0 Å². The third kappa shape index (κ3) is 8.98. The van der Waals surface area contributed by atoms with Gasteiger partial charge in [0.15, 0.2) is 5.96 Å². The van der Waals surface area contributed by atoms with Gasteiger partial charge >= 0.3 is 0 Å². The van der Waals surface area contributed by atoms with Gasteiger partial charge in [-0.15, -0.1) is 24.0 Å². The molecule has 1 heterocycles. The van der Waals surface area contributed by atoms with E-state index in [0.29, 0.717) is 17.8 Å². The summed E-state index contributed by atoms with van der Waals surface area (Å²) in [5, 5.41) is 7.28. The van der Waals surface area contributed by atoms with Crippen molar-refractivity contribution in [3.63, 3.8) is 0 Å². The predicted octanol–water partition coefficient (Wildman–Crippen LogP) is 3.27. The van der Waals surface area contributed by atoms with Crippen LogP contribution in [-0.4, -0.2) is 65.0 Å². The maximum absolute atomic E-state index is 12.2. The van der Waals surface area contributed by atoms with Gasteiger partial charge in [-0.05, 0) is 37.3 Å². The van der Waals surface area contributed by atoms with Gasteiger partial charge in [-0.1, -0.05) is 37.6 Å². The van der Waals surface area contributed by atoms with E-state index in [-0.39, 0.29) is 24.0 Å². The van der Waals surface area contributed by atoms with Crippen molar-refractivity contribution in [1.82, 2.24) is 15.5 Å². The molecule has 0 amide bonds. The van der Waals surface area contributed by atoms with Crippen molar-refractivity contribution in [2.45, 2.75) is 63.9 Å². The Hall–Kier alpha value is -0.710. The average Bonchev–Trinajstić information content (AvgIpc) is 2.79. The average molecular weight is 563 g/mol. The molecular weight excluding hydrogens is 523 g/mol. The van der Waals surface area contributed by atoms with Gasteiger partial charge in [-0.2, -0.15) is 0 Å². The molecule has 31 heavy (non-hydrogen) atoms. The first-order valence-electron chi connectivity index (χ1n) is 11.5. The molecule has 3 rings (SSSR count). The second kappa shape index (κ2) is 14.4. The zero-order valence-electron chi connectivity index (χ0n) is 19.0. The minimum atomic E-state index is -0.702. The molecule has 1 aliphatic heterocycles. The lowest BCUT2D eigenvalue weighted by atomic mass is 9.95. The van der Waals surface area contributed by atoms with Crippen LogP contribution >= 0.6 is 24.0 Å². The minimum absolute atomic E-state index is 0. The monoisotopic (exact) mass is 562 g/mol. The lowest BCUT2D eigenvalue weighted by molar-refractivity contribution is 0.0342. The standard InChI is InChI=1S/C23H38N4O2S.HI/c1-3-24-23(26-21-6-5-7-22(16-21)30(28)4-2)25-17-19-8-10-20(11-9-19)18-27-12-14-29-15-13-27;/h8-11,21-22H,3-7,12-18H2,1-2H3,(H2,24,25,26);1H. The van der Waals surface area contributed by atoms with E-state index in [2.05, 4.69) is 46.7 Å². The fourth-order valence-electron chi connectivity index (χ4n) is 4.20. The molecule has 3 atom stereocenters. The number of morpholine rings is 1. The lowest BCUT2D eigenvalue weighted by Crippen LogP contribution is -2.46. The molecule has 2 N–H and O–H groups in total. The Kier molecular flexibility index (Phi) is 12.4. The Morgan fingerprint density at radius 1 is 1.16 bits per heavy atom. The van der Waals surface area contributed by atoms with Gasteiger partial charge in [0.2, 0.25) is 0 Å². The summed E-state index contributed by atoms with van der Waals surface area (Å²) in [6.45, 7) is 10.3. The van der Waals surface area contributed by atoms with Gasteiger partial charge in [0, 0.05) is 54.0 Å². The number of hydrogen-bond donors (Lipinski definition) is 2. The summed E-state index contributed by atoms with van der Waals surface area (Å²) < 4.78 is 17.6. The first-order chi connectivity index (χ1) is 14.7. The van der Waals surface area contributed by atoms with Gasteiger partial charge in [-0.25, -0.2) is 4.99 Å². The summed E-state index contributed by atoms with van der Waals surface area (Å²) in [6, 6.07) is 9.15. The van der Waals surface area contributed by atoms with Crippen molar-refractivity contribution in [3.8, 4) is 0 Å². The number of hydrogen-bond acceptors (Lipinski definition) is 4. The number of guanidine groups is 1. The molecular formula is C23H39IN4O2S. The molecule has 0 aromatic heterocycles. The Labute approximate surface area is 207 Å². The number of halogens is 1. The highest BCUT2D eigenvalue weighted by atomic mass is 127. The Morgan fingerprint density at radius 2 is 1.87 bits per heavy atom. The van der Waals surface area contributed by atoms with Crippen molar-refractivity contribution in [1.29, 1.82) is 0 Å². The van der Waals surface area contributed by atoms with Crippen LogP contribution in [0.15, 0.2) is 29.3 Å². The maximum Gasteiger partial charge on any atom is 0.191 e. The van der Waals surface area contributed by atoms with Crippen LogP contribution in [-0.2, 0) is 28.6 Å². The van der Waals surface area contributed by atoms with Crippen LogP contribution < -0.4 is 10.6 Å². The summed E-state index contributed by atoms with van der Waals surface area (Å²) in [7, 11) is -0.702. The summed E-state index contributed by atoms with van der Waals surface area (Å²) in [5.74, 6) is 1.62. The quantitative estimate of drug-likeness (QED) is 0.289. The zero-order valence-corrected chi connectivity index (χ0v) is 22.1. The van der Waals surface area contributed by atoms with Crippen molar-refractivity contribution in [2.75, 3.05) is 38.6 Å². The van der Waals surface area contributed by atoms with Crippen LogP contribution in [0, 0.1) is 0 Å². The van der Waals surface area contributed by atoms with Gasteiger partial charge in [-0.3, -0.25) is 9.11 Å². The molecule has 2 aliphatic rings. The van der Waals surface area contributed by atoms with Crippen molar-refractivity contribution >= 4 is 40.7 Å². The first-order valence-corrected chi connectivity index (χ1v) is 12.9. The van der Waals surface area contributed by atoms with Crippen LogP contribution in [0.4, 0.5) is 0 Å². The van der Waals surface area contributed by atoms with Crippen molar-refractivity contribution < 1.29 is 8.95 Å². The second-order valence-electron chi connectivity index (χ2n) is 8.20. The molecule has 0 spiro atoms. The van der Waals surface area contributed by atoms with Crippen LogP contribution in [0.1, 0.15) is 50.7 Å². The molecule has 3 unspecified atom stereocenters. The second-order valence-corrected chi connectivity index (χ2v) is 10.2. The number of rotatable bonds is 8. The summed E-state index contributed by atoms with van der Waals surface area (Å²) >= 11 is 0. The molecule has 2 fully saturated rings. The fourth-order valence-corrected chi connectivity index (χ4v) is 5.55. The third-order valence-corrected chi connectivity index (χ3v) is 7.66. The highest BCUT2D eigenvalue weighted by molar-refractivity contribution is 14.0. The molecule has 0 radical (unpaired) electrons. The van der Waals surface area contributed by atoms with Crippen LogP contribution in [0.3, 0.4) is 0 Å². The summed E-state index contributed by atoms with van der Waals surface area (Å²) in [5.41, 5.74) is 2.55. The molecule has 6 nitrogen and oxygen atoms in total. The van der Waals surface area contributed by atoms with E-state index in [1.807, 2.05) is 6.92 Å². The van der Waals surface area contributed by atoms with E-state index < -0.39 is 10.8 Å². The van der Waals surface area contributed by atoms with E-state index in [1.54, 1.807) is 0 Å². The van der Waals surface area contributed by atoms with E-state index in [0.717, 1.165) is 76.8 Å². The van der Waals surface area contributed by atoms with Gasteiger partial charge in [0.25, 0.3) is 0 Å². The maximum atomic E-state index is 12.2. The molecule has 1 aromatic carbocycles. The normalized spacial score (nSPS) is 23.6. The number of benzene rings is 1. The van der Waals surface area contributed by atoms with E-state index >= 15 is 0 Å². The largest absolute Gasteiger partial charge is 0.379 e. The van der Waals surface area contributed by atoms with E-state index in [4.69, 9.17) is 9.73 Å². The number of aliphatic imine (C=N–C) groups is 1. The van der Waals surface area contributed by atoms with E-state index in [1.165, 1.54) is 11.1 Å². The molecule has 8 heteroatoms. The van der Waals surface area contributed by atoms with E-state index in [9.17, 15) is 4.21 Å².